The maximum atomic E-state index is 13.1. The van der Waals surface area contributed by atoms with Crippen LogP contribution in [0.4, 0.5) is 0 Å². The van der Waals surface area contributed by atoms with Crippen LogP contribution in [0.15, 0.2) is 101 Å². The minimum absolute atomic E-state index is 0.0293. The summed E-state index contributed by atoms with van der Waals surface area (Å²) in [4.78, 5) is 20.4. The van der Waals surface area contributed by atoms with Gasteiger partial charge in [-0.25, -0.2) is 0 Å². The van der Waals surface area contributed by atoms with E-state index in [0.29, 0.717) is 13.1 Å². The van der Waals surface area contributed by atoms with Gasteiger partial charge in [0, 0.05) is 6.54 Å². The molecule has 0 unspecified atom stereocenters. The third-order valence-corrected chi connectivity index (χ3v) is 5.74. The molecule has 1 amide bonds. The predicted molar refractivity (Wildman–Crippen MR) is 121 cm³/mol. The van der Waals surface area contributed by atoms with Crippen LogP contribution in [0.3, 0.4) is 0 Å². The zero-order valence-electron chi connectivity index (χ0n) is 16.1. The Labute approximate surface area is 175 Å². The van der Waals surface area contributed by atoms with Crippen LogP contribution < -0.4 is 0 Å². The van der Waals surface area contributed by atoms with Crippen molar-refractivity contribution in [2.45, 2.75) is 13.0 Å². The summed E-state index contributed by atoms with van der Waals surface area (Å²) in [6.45, 7) is 1.19. The highest BCUT2D eigenvalue weighted by atomic mass is 32.2. The third kappa shape index (κ3) is 5.04. The van der Waals surface area contributed by atoms with Crippen molar-refractivity contribution in [3.05, 3.63) is 113 Å². The maximum absolute atomic E-state index is 13.1. The number of benzene rings is 3. The van der Waals surface area contributed by atoms with Crippen LogP contribution in [-0.4, -0.2) is 22.5 Å². The Morgan fingerprint density at radius 3 is 2.03 bits per heavy atom. The van der Waals surface area contributed by atoms with Gasteiger partial charge in [-0.15, -0.1) is 0 Å². The zero-order valence-corrected chi connectivity index (χ0v) is 16.9. The van der Waals surface area contributed by atoms with Gasteiger partial charge in [0.2, 0.25) is 0 Å². The second-order valence-electron chi connectivity index (χ2n) is 6.80. The molecule has 0 radical (unpaired) electrons. The molecule has 4 rings (SSSR count). The summed E-state index contributed by atoms with van der Waals surface area (Å²) in [5.41, 5.74) is 3.38. The molecular formula is C25H22N2OS. The van der Waals surface area contributed by atoms with E-state index in [2.05, 4.69) is 24.3 Å². The molecular weight excluding hydrogens is 376 g/mol. The summed E-state index contributed by atoms with van der Waals surface area (Å²) >= 11 is 1.46. The van der Waals surface area contributed by atoms with Crippen LogP contribution in [-0.2, 0) is 17.8 Å². The number of amides is 1. The van der Waals surface area contributed by atoms with Crippen LogP contribution in [0.2, 0.25) is 0 Å². The molecule has 0 aromatic heterocycles. The Balaban J connectivity index is 1.57. The molecule has 0 saturated carbocycles. The average Bonchev–Trinajstić information content (AvgIpc) is 3.07. The van der Waals surface area contributed by atoms with Crippen molar-refractivity contribution in [1.82, 2.24) is 4.90 Å². The van der Waals surface area contributed by atoms with Crippen molar-refractivity contribution in [1.29, 1.82) is 0 Å². The summed E-state index contributed by atoms with van der Waals surface area (Å²) in [5, 5.41) is 0.775. The summed E-state index contributed by atoms with van der Waals surface area (Å²) in [5.74, 6) is 0.0293. The van der Waals surface area contributed by atoms with Crippen molar-refractivity contribution in [3.63, 3.8) is 0 Å². The molecule has 0 spiro atoms. The van der Waals surface area contributed by atoms with Gasteiger partial charge in [-0.05, 0) is 40.9 Å². The van der Waals surface area contributed by atoms with Gasteiger partial charge in [0.1, 0.15) is 0 Å². The largest absolute Gasteiger partial charge is 0.286 e. The van der Waals surface area contributed by atoms with Crippen LogP contribution in [0, 0.1) is 0 Å². The molecule has 3 aromatic carbocycles. The Hall–Kier alpha value is -3.11. The van der Waals surface area contributed by atoms with E-state index in [4.69, 9.17) is 4.99 Å². The number of aliphatic imine (C=N–C) groups is 1. The van der Waals surface area contributed by atoms with Crippen LogP contribution in [0.1, 0.15) is 16.7 Å². The first-order valence-corrected chi connectivity index (χ1v) is 10.5. The highest BCUT2D eigenvalue weighted by molar-refractivity contribution is 8.18. The summed E-state index contributed by atoms with van der Waals surface area (Å²) in [6, 6.07) is 30.3. The van der Waals surface area contributed by atoms with Gasteiger partial charge in [-0.3, -0.25) is 14.7 Å². The van der Waals surface area contributed by atoms with E-state index in [1.165, 1.54) is 17.3 Å². The van der Waals surface area contributed by atoms with Crippen molar-refractivity contribution >= 4 is 28.9 Å². The predicted octanol–water partition coefficient (Wildman–Crippen LogP) is 5.40. The summed E-state index contributed by atoms with van der Waals surface area (Å²) < 4.78 is 0. The fourth-order valence-electron chi connectivity index (χ4n) is 3.15. The second-order valence-corrected chi connectivity index (χ2v) is 7.81. The van der Waals surface area contributed by atoms with Crippen LogP contribution >= 0.6 is 11.8 Å². The normalized spacial score (nSPS) is 16.7. The van der Waals surface area contributed by atoms with Gasteiger partial charge in [-0.2, -0.15) is 0 Å². The molecule has 1 fully saturated rings. The van der Waals surface area contributed by atoms with Crippen LogP contribution in [0.5, 0.6) is 0 Å². The van der Waals surface area contributed by atoms with E-state index in [-0.39, 0.29) is 5.91 Å². The molecule has 1 aliphatic rings. The number of amidine groups is 1. The summed E-state index contributed by atoms with van der Waals surface area (Å²) in [7, 11) is 0. The molecule has 3 nitrogen and oxygen atoms in total. The topological polar surface area (TPSA) is 32.7 Å². The lowest BCUT2D eigenvalue weighted by atomic mass is 10.1. The minimum atomic E-state index is 0.0293. The Morgan fingerprint density at radius 2 is 1.38 bits per heavy atom. The molecule has 4 heteroatoms. The van der Waals surface area contributed by atoms with E-state index < -0.39 is 0 Å². The Morgan fingerprint density at radius 1 is 0.793 bits per heavy atom. The number of hydrogen-bond acceptors (Lipinski definition) is 3. The molecule has 1 aliphatic heterocycles. The molecule has 144 valence electrons. The van der Waals surface area contributed by atoms with Gasteiger partial charge in [0.05, 0.1) is 11.4 Å². The van der Waals surface area contributed by atoms with Gasteiger partial charge in [0.25, 0.3) is 5.91 Å². The smallest absolute Gasteiger partial charge is 0.266 e. The lowest BCUT2D eigenvalue weighted by molar-refractivity contribution is -0.122. The van der Waals surface area contributed by atoms with E-state index in [0.717, 1.165) is 27.6 Å². The standard InChI is InChI=1S/C25H22N2OS/c28-24-23(18-21-12-6-2-7-13-21)29-25(26-19-22-14-8-3-9-15-22)27(24)17-16-20-10-4-1-5-11-20/h1-15,18H,16-17,19H2/b23-18-,26-25?. The number of rotatable bonds is 6. The number of carbonyl (C=O) groups excluding carboxylic acids is 1. The van der Waals surface area contributed by atoms with Gasteiger partial charge in [0.15, 0.2) is 5.17 Å². The quantitative estimate of drug-likeness (QED) is 0.521. The molecule has 0 bridgehead atoms. The first kappa shape index (κ1) is 19.2. The van der Waals surface area contributed by atoms with Gasteiger partial charge < -0.3 is 0 Å². The van der Waals surface area contributed by atoms with E-state index in [1.54, 1.807) is 0 Å². The number of nitrogens with zero attached hydrogens (tertiary/aromatic N) is 2. The fraction of sp³-hybridized carbons (Fsp3) is 0.120. The third-order valence-electron chi connectivity index (χ3n) is 4.69. The Bertz CT molecular complexity index is 1010. The molecule has 1 saturated heterocycles. The molecule has 0 N–H and O–H groups in total. The maximum Gasteiger partial charge on any atom is 0.266 e. The van der Waals surface area contributed by atoms with Gasteiger partial charge in [-0.1, -0.05) is 91.0 Å². The van der Waals surface area contributed by atoms with Crippen molar-refractivity contribution in [2.24, 2.45) is 4.99 Å². The molecule has 0 aliphatic carbocycles. The lowest BCUT2D eigenvalue weighted by Crippen LogP contribution is -2.31. The van der Waals surface area contributed by atoms with Crippen LogP contribution in [0.25, 0.3) is 6.08 Å². The summed E-state index contributed by atoms with van der Waals surface area (Å²) in [6.07, 6.45) is 2.75. The van der Waals surface area contributed by atoms with E-state index >= 15 is 0 Å². The second kappa shape index (κ2) is 9.39. The molecule has 0 atom stereocenters. The number of hydrogen-bond donors (Lipinski definition) is 0. The highest BCUT2D eigenvalue weighted by Gasteiger charge is 2.32. The minimum Gasteiger partial charge on any atom is -0.286 e. The highest BCUT2D eigenvalue weighted by Crippen LogP contribution is 2.33. The van der Waals surface area contributed by atoms with Crippen molar-refractivity contribution in [2.75, 3.05) is 6.54 Å². The van der Waals surface area contributed by atoms with Gasteiger partial charge >= 0.3 is 0 Å². The molecule has 29 heavy (non-hydrogen) atoms. The Kier molecular flexibility index (Phi) is 6.22. The zero-order chi connectivity index (χ0) is 19.9. The number of thioether (sulfide) groups is 1. The number of carbonyl (C=O) groups is 1. The monoisotopic (exact) mass is 398 g/mol. The SMILES string of the molecule is O=C1/C(=C/c2ccccc2)SC(=NCc2ccccc2)N1CCc1ccccc1. The fourth-order valence-corrected chi connectivity index (χ4v) is 4.15. The molecule has 3 aromatic rings. The average molecular weight is 399 g/mol. The van der Waals surface area contributed by atoms with E-state index in [9.17, 15) is 4.79 Å². The van der Waals surface area contributed by atoms with Crippen molar-refractivity contribution in [3.8, 4) is 0 Å². The van der Waals surface area contributed by atoms with Crippen molar-refractivity contribution < 1.29 is 4.79 Å². The lowest BCUT2D eigenvalue weighted by Gasteiger charge is -2.15. The van der Waals surface area contributed by atoms with E-state index in [1.807, 2.05) is 77.7 Å². The first-order chi connectivity index (χ1) is 14.3. The molecule has 1 heterocycles. The first-order valence-electron chi connectivity index (χ1n) is 9.68.